The van der Waals surface area contributed by atoms with E-state index < -0.39 is 11.7 Å². The summed E-state index contributed by atoms with van der Waals surface area (Å²) in [5.41, 5.74) is -0.190. The Hall–Kier alpha value is -0.700. The van der Waals surface area contributed by atoms with Crippen molar-refractivity contribution in [2.45, 2.75) is 6.18 Å². The molecule has 0 aliphatic rings. The van der Waals surface area contributed by atoms with Crippen LogP contribution in [0.25, 0.3) is 0 Å². The Morgan fingerprint density at radius 3 is 2.31 bits per heavy atom. The zero-order valence-electron chi connectivity index (χ0n) is 6.32. The molecule has 1 aromatic carbocycles. The second-order valence-corrected chi connectivity index (χ2v) is 3.50. The van der Waals surface area contributed by atoms with Gasteiger partial charge in [0.15, 0.2) is 0 Å². The molecule has 0 unspecified atom stereocenters. The molecular weight excluding hydrogens is 292 g/mol. The third-order valence-corrected chi connectivity index (χ3v) is 2.33. The first-order valence-electron chi connectivity index (χ1n) is 3.28. The van der Waals surface area contributed by atoms with Gasteiger partial charge in [-0.3, -0.25) is 0 Å². The summed E-state index contributed by atoms with van der Waals surface area (Å²) in [7, 11) is 0. The number of alkyl halides is 3. The normalized spacial score (nSPS) is 11.0. The van der Waals surface area contributed by atoms with Gasteiger partial charge in [-0.1, -0.05) is 5.92 Å². The van der Waals surface area contributed by atoms with Gasteiger partial charge in [0.05, 0.1) is 5.56 Å². The largest absolute Gasteiger partial charge is 0.417 e. The summed E-state index contributed by atoms with van der Waals surface area (Å²) in [6.45, 7) is 0. The first kappa shape index (κ1) is 10.4. The van der Waals surface area contributed by atoms with Crippen LogP contribution in [0.3, 0.4) is 0 Å². The Labute approximate surface area is 87.3 Å². The van der Waals surface area contributed by atoms with Gasteiger partial charge in [0.25, 0.3) is 0 Å². The zero-order chi connectivity index (χ0) is 10.1. The van der Waals surface area contributed by atoms with Crippen LogP contribution in [0.2, 0.25) is 0 Å². The van der Waals surface area contributed by atoms with E-state index in [0.29, 0.717) is 5.56 Å². The minimum atomic E-state index is -4.30. The SMILES string of the molecule is C#Cc1ccc(C(F)(F)F)c(I)c1. The van der Waals surface area contributed by atoms with E-state index in [2.05, 4.69) is 5.92 Å². The van der Waals surface area contributed by atoms with Crippen molar-refractivity contribution in [3.05, 3.63) is 32.9 Å². The van der Waals surface area contributed by atoms with Gasteiger partial charge < -0.3 is 0 Å². The van der Waals surface area contributed by atoms with Crippen molar-refractivity contribution in [1.82, 2.24) is 0 Å². The van der Waals surface area contributed by atoms with Gasteiger partial charge in [-0.25, -0.2) is 0 Å². The lowest BCUT2D eigenvalue weighted by Crippen LogP contribution is -2.07. The van der Waals surface area contributed by atoms with E-state index in [4.69, 9.17) is 6.42 Å². The highest BCUT2D eigenvalue weighted by Gasteiger charge is 2.32. The van der Waals surface area contributed by atoms with Crippen LogP contribution in [-0.4, -0.2) is 0 Å². The molecule has 0 heterocycles. The van der Waals surface area contributed by atoms with Gasteiger partial charge in [-0.05, 0) is 40.8 Å². The minimum Gasteiger partial charge on any atom is -0.166 e. The molecule has 0 saturated heterocycles. The fraction of sp³-hybridized carbons (Fsp3) is 0.111. The maximum absolute atomic E-state index is 12.2. The number of benzene rings is 1. The van der Waals surface area contributed by atoms with Gasteiger partial charge in [0, 0.05) is 9.13 Å². The van der Waals surface area contributed by atoms with Crippen LogP contribution in [-0.2, 0) is 6.18 Å². The summed E-state index contributed by atoms with van der Waals surface area (Å²) in [5.74, 6) is 2.27. The number of halogens is 4. The monoisotopic (exact) mass is 296 g/mol. The van der Waals surface area contributed by atoms with Crippen molar-refractivity contribution in [1.29, 1.82) is 0 Å². The van der Waals surface area contributed by atoms with Crippen LogP contribution in [0.15, 0.2) is 18.2 Å². The fourth-order valence-electron chi connectivity index (χ4n) is 0.835. The van der Waals surface area contributed by atoms with Gasteiger partial charge in [0.2, 0.25) is 0 Å². The van der Waals surface area contributed by atoms with Crippen LogP contribution in [0, 0.1) is 15.9 Å². The maximum atomic E-state index is 12.2. The third-order valence-electron chi connectivity index (χ3n) is 1.44. The Kier molecular flexibility index (Phi) is 2.86. The fourth-order valence-corrected chi connectivity index (χ4v) is 1.66. The zero-order valence-corrected chi connectivity index (χ0v) is 8.48. The molecule has 0 spiro atoms. The predicted molar refractivity (Wildman–Crippen MR) is 52.1 cm³/mol. The summed E-state index contributed by atoms with van der Waals surface area (Å²) >= 11 is 1.62. The average Bonchev–Trinajstić information content (AvgIpc) is 2.01. The molecular formula is C9H4F3I. The number of hydrogen-bond acceptors (Lipinski definition) is 0. The standard InChI is InChI=1S/C9H4F3I/c1-2-6-3-4-7(8(13)5-6)9(10,11)12/h1,3-5H. The maximum Gasteiger partial charge on any atom is 0.417 e. The highest BCUT2D eigenvalue weighted by molar-refractivity contribution is 14.1. The van der Waals surface area contributed by atoms with Gasteiger partial charge in [-0.15, -0.1) is 6.42 Å². The topological polar surface area (TPSA) is 0 Å². The molecule has 4 heteroatoms. The van der Waals surface area contributed by atoms with Crippen molar-refractivity contribution in [3.8, 4) is 12.3 Å². The van der Waals surface area contributed by atoms with E-state index in [1.807, 2.05) is 0 Å². The number of hydrogen-bond donors (Lipinski definition) is 0. The van der Waals surface area contributed by atoms with Crippen LogP contribution in [0.5, 0.6) is 0 Å². The summed E-state index contributed by atoms with van der Waals surface area (Å²) in [6.07, 6.45) is 0.741. The summed E-state index contributed by atoms with van der Waals surface area (Å²) < 4.78 is 36.8. The smallest absolute Gasteiger partial charge is 0.166 e. The highest BCUT2D eigenvalue weighted by Crippen LogP contribution is 2.32. The third kappa shape index (κ3) is 2.37. The Morgan fingerprint density at radius 2 is 1.92 bits per heavy atom. The predicted octanol–water partition coefficient (Wildman–Crippen LogP) is 3.29. The molecule has 0 nitrogen and oxygen atoms in total. The average molecular weight is 296 g/mol. The number of rotatable bonds is 0. The lowest BCUT2D eigenvalue weighted by molar-refractivity contribution is -0.138. The second-order valence-electron chi connectivity index (χ2n) is 2.34. The van der Waals surface area contributed by atoms with Crippen LogP contribution in [0.4, 0.5) is 13.2 Å². The molecule has 0 aromatic heterocycles. The molecule has 0 saturated carbocycles. The molecule has 0 bridgehead atoms. The first-order valence-corrected chi connectivity index (χ1v) is 4.36. The summed E-state index contributed by atoms with van der Waals surface area (Å²) in [5, 5.41) is 0. The van der Waals surface area contributed by atoms with Gasteiger partial charge >= 0.3 is 6.18 Å². The second kappa shape index (κ2) is 3.58. The van der Waals surface area contributed by atoms with Crippen molar-refractivity contribution < 1.29 is 13.2 Å². The van der Waals surface area contributed by atoms with E-state index in [9.17, 15) is 13.2 Å². The molecule has 0 fully saturated rings. The molecule has 13 heavy (non-hydrogen) atoms. The molecule has 0 aliphatic carbocycles. The molecule has 0 amide bonds. The van der Waals surface area contributed by atoms with Crippen molar-refractivity contribution >= 4 is 22.6 Å². The minimum absolute atomic E-state index is 0.126. The van der Waals surface area contributed by atoms with Gasteiger partial charge in [0.1, 0.15) is 0 Å². The van der Waals surface area contributed by atoms with E-state index in [1.165, 1.54) is 12.1 Å². The van der Waals surface area contributed by atoms with E-state index in [0.717, 1.165) is 6.07 Å². The molecule has 1 aromatic rings. The molecule has 0 radical (unpaired) electrons. The lowest BCUT2D eigenvalue weighted by atomic mass is 10.1. The Balaban J connectivity index is 3.23. The van der Waals surface area contributed by atoms with Crippen LogP contribution >= 0.6 is 22.6 Å². The van der Waals surface area contributed by atoms with Crippen molar-refractivity contribution in [2.24, 2.45) is 0 Å². The molecule has 68 valence electrons. The molecule has 1 rings (SSSR count). The molecule has 0 N–H and O–H groups in total. The van der Waals surface area contributed by atoms with E-state index in [1.54, 1.807) is 22.6 Å². The Morgan fingerprint density at radius 1 is 1.31 bits per heavy atom. The number of terminal acetylenes is 1. The first-order chi connectivity index (χ1) is 5.95. The highest BCUT2D eigenvalue weighted by atomic mass is 127. The van der Waals surface area contributed by atoms with E-state index in [-0.39, 0.29) is 3.57 Å². The van der Waals surface area contributed by atoms with Gasteiger partial charge in [-0.2, -0.15) is 13.2 Å². The van der Waals surface area contributed by atoms with Crippen molar-refractivity contribution in [2.75, 3.05) is 0 Å². The quantitative estimate of drug-likeness (QED) is 0.509. The summed E-state index contributed by atoms with van der Waals surface area (Å²) in [4.78, 5) is 0. The summed E-state index contributed by atoms with van der Waals surface area (Å²) in [6, 6.07) is 3.62. The molecule has 0 aliphatic heterocycles. The van der Waals surface area contributed by atoms with Crippen LogP contribution < -0.4 is 0 Å². The van der Waals surface area contributed by atoms with E-state index >= 15 is 0 Å². The Bertz CT molecular complexity index is 360. The lowest BCUT2D eigenvalue weighted by Gasteiger charge is -2.08. The van der Waals surface area contributed by atoms with Crippen LogP contribution in [0.1, 0.15) is 11.1 Å². The van der Waals surface area contributed by atoms with Crippen molar-refractivity contribution in [3.63, 3.8) is 0 Å². The molecule has 0 atom stereocenters.